The first kappa shape index (κ1) is 19.5. The van der Waals surface area contributed by atoms with Gasteiger partial charge in [0.05, 0.1) is 0 Å². The van der Waals surface area contributed by atoms with Crippen LogP contribution >= 0.6 is 15.9 Å². The average molecular weight is 515 g/mol. The fourth-order valence-electron chi connectivity index (χ4n) is 10.2. The highest BCUT2D eigenvalue weighted by Gasteiger charge is 2.84. The number of fused-ring (bicyclic) bond motifs is 8. The predicted octanol–water partition coefficient (Wildman–Crippen LogP) is 9.12. The fourth-order valence-corrected chi connectivity index (χ4v) is 10.6. The molecule has 6 atom stereocenters. The van der Waals surface area contributed by atoms with Crippen LogP contribution < -0.4 is 0 Å². The zero-order valence-corrected chi connectivity index (χ0v) is 21.3. The van der Waals surface area contributed by atoms with Gasteiger partial charge in [-0.15, -0.1) is 0 Å². The van der Waals surface area contributed by atoms with Crippen molar-refractivity contribution >= 4 is 15.9 Å². The van der Waals surface area contributed by atoms with Crippen LogP contribution in [0.4, 0.5) is 0 Å². The first-order valence-electron chi connectivity index (χ1n) is 13.3. The van der Waals surface area contributed by atoms with Gasteiger partial charge >= 0.3 is 0 Å². The normalized spacial score (nSPS) is 34.2. The Bertz CT molecular complexity index is 1550. The van der Waals surface area contributed by atoms with E-state index in [1.54, 1.807) is 11.1 Å². The molecule has 0 aromatic heterocycles. The summed E-state index contributed by atoms with van der Waals surface area (Å²) in [5.74, 6) is 3.74. The number of rotatable bonds is 2. The Morgan fingerprint density at radius 1 is 0.629 bits per heavy atom. The molecule has 5 aliphatic carbocycles. The van der Waals surface area contributed by atoms with E-state index in [0.29, 0.717) is 5.41 Å². The van der Waals surface area contributed by atoms with Crippen LogP contribution in [-0.4, -0.2) is 0 Å². The van der Waals surface area contributed by atoms with Gasteiger partial charge < -0.3 is 0 Å². The highest BCUT2D eigenvalue weighted by atomic mass is 79.9. The van der Waals surface area contributed by atoms with Crippen molar-refractivity contribution in [3.05, 3.63) is 107 Å². The number of hydrogen-bond donors (Lipinski definition) is 0. The van der Waals surface area contributed by atoms with Gasteiger partial charge in [-0.2, -0.15) is 0 Å². The number of halogens is 1. The van der Waals surface area contributed by atoms with E-state index < -0.39 is 0 Å². The Labute approximate surface area is 215 Å². The summed E-state index contributed by atoms with van der Waals surface area (Å²) in [6.45, 7) is 0. The molecule has 2 bridgehead atoms. The van der Waals surface area contributed by atoms with Crippen molar-refractivity contribution in [1.29, 1.82) is 0 Å². The maximum Gasteiger partial charge on any atom is 0.0282 e. The van der Waals surface area contributed by atoms with Crippen LogP contribution in [0.15, 0.2) is 95.5 Å². The van der Waals surface area contributed by atoms with Crippen LogP contribution in [0.5, 0.6) is 0 Å². The Balaban J connectivity index is 1.28. The summed E-state index contributed by atoms with van der Waals surface area (Å²) in [4.78, 5) is 0. The topological polar surface area (TPSA) is 0 Å². The molecule has 0 N–H and O–H groups in total. The lowest BCUT2D eigenvalue weighted by Gasteiger charge is -2.76. The molecule has 0 heterocycles. The molecule has 0 nitrogen and oxygen atoms in total. The highest BCUT2D eigenvalue weighted by molar-refractivity contribution is 9.10. The minimum absolute atomic E-state index is 0.266. The zero-order valence-electron chi connectivity index (χ0n) is 19.7. The molecular weight excluding hydrogens is 488 g/mol. The van der Waals surface area contributed by atoms with Gasteiger partial charge in [0.25, 0.3) is 0 Å². The Morgan fingerprint density at radius 3 is 2.26 bits per heavy atom. The summed E-state index contributed by atoms with van der Waals surface area (Å²) in [5, 5.41) is 0. The van der Waals surface area contributed by atoms with E-state index >= 15 is 0 Å². The number of benzene rings is 4. The molecule has 2 spiro atoms. The van der Waals surface area contributed by atoms with Crippen LogP contribution in [0.1, 0.15) is 36.8 Å². The summed E-state index contributed by atoms with van der Waals surface area (Å²) in [7, 11) is 0. The van der Waals surface area contributed by atoms with Gasteiger partial charge in [0.1, 0.15) is 0 Å². The van der Waals surface area contributed by atoms with Crippen LogP contribution in [0.2, 0.25) is 0 Å². The van der Waals surface area contributed by atoms with Crippen molar-refractivity contribution in [2.75, 3.05) is 0 Å². The molecule has 0 aliphatic heterocycles. The average Bonchev–Trinajstić information content (AvgIpc) is 3.52. The lowest BCUT2D eigenvalue weighted by molar-refractivity contribution is -0.231. The van der Waals surface area contributed by atoms with Crippen LogP contribution in [-0.2, 0) is 5.41 Å². The molecule has 5 aliphatic rings. The van der Waals surface area contributed by atoms with Crippen LogP contribution in [0.3, 0.4) is 0 Å². The fraction of sp³-hybridized carbons (Fsp3) is 0.294. The summed E-state index contributed by atoms with van der Waals surface area (Å²) in [5.41, 5.74) is 12.5. The van der Waals surface area contributed by atoms with E-state index in [9.17, 15) is 0 Å². The predicted molar refractivity (Wildman–Crippen MR) is 146 cm³/mol. The smallest absolute Gasteiger partial charge is 0.0282 e. The second-order valence-electron chi connectivity index (χ2n) is 11.9. The summed E-state index contributed by atoms with van der Waals surface area (Å²) >= 11 is 3.84. The van der Waals surface area contributed by atoms with Gasteiger partial charge in [-0.25, -0.2) is 0 Å². The van der Waals surface area contributed by atoms with E-state index in [4.69, 9.17) is 0 Å². The molecule has 170 valence electrons. The SMILES string of the molecule is Brc1cc(-c2ccccc2)cc(-c2cccc3c2-c2ccccc2C32C3CC4CC5CC2C53C4)c1. The molecule has 1 heteroatoms. The quantitative estimate of drug-likeness (QED) is 0.250. The first-order chi connectivity index (χ1) is 17.2. The van der Waals surface area contributed by atoms with Crippen molar-refractivity contribution in [1.82, 2.24) is 0 Å². The van der Waals surface area contributed by atoms with Crippen molar-refractivity contribution in [3.63, 3.8) is 0 Å². The zero-order chi connectivity index (χ0) is 22.9. The van der Waals surface area contributed by atoms with E-state index in [0.717, 1.165) is 28.1 Å². The standard InChI is InChI=1S/C34H27Br/c35-25-16-22(21-7-2-1-3-8-21)15-23(17-25)26-10-6-12-29-32(26)27-9-4-5-11-28(27)34(29)30-14-20-13-24-18-31(34)33(24,30)19-20/h1-12,15-17,20,24,30-31H,13-14,18-19H2. The molecule has 0 amide bonds. The summed E-state index contributed by atoms with van der Waals surface area (Å²) in [6, 6.07) is 34.4. The van der Waals surface area contributed by atoms with Crippen molar-refractivity contribution in [2.45, 2.75) is 31.1 Å². The van der Waals surface area contributed by atoms with Crippen LogP contribution in [0.25, 0.3) is 33.4 Å². The van der Waals surface area contributed by atoms with Gasteiger partial charge in [-0.05, 0) is 117 Å². The lowest BCUT2D eigenvalue weighted by Crippen LogP contribution is -2.73. The molecule has 4 saturated carbocycles. The molecular formula is C34H27Br. The third-order valence-corrected chi connectivity index (χ3v) is 11.4. The molecule has 35 heavy (non-hydrogen) atoms. The Kier molecular flexibility index (Phi) is 3.56. The monoisotopic (exact) mass is 514 g/mol. The lowest BCUT2D eigenvalue weighted by atomic mass is 9.27. The second kappa shape index (κ2) is 6.37. The molecule has 4 aromatic carbocycles. The Morgan fingerprint density at radius 2 is 1.37 bits per heavy atom. The van der Waals surface area contributed by atoms with Crippen LogP contribution in [0, 0.1) is 29.1 Å². The first-order valence-corrected chi connectivity index (χ1v) is 14.1. The number of hydrogen-bond acceptors (Lipinski definition) is 0. The Hall–Kier alpha value is -2.64. The largest absolute Gasteiger partial charge is 0.0622 e. The van der Waals surface area contributed by atoms with Gasteiger partial charge in [-0.1, -0.05) is 88.7 Å². The maximum atomic E-state index is 3.84. The third kappa shape index (κ3) is 2.10. The van der Waals surface area contributed by atoms with Gasteiger partial charge in [0.2, 0.25) is 0 Å². The van der Waals surface area contributed by atoms with E-state index in [1.807, 2.05) is 0 Å². The van der Waals surface area contributed by atoms with Crippen molar-refractivity contribution in [3.8, 4) is 33.4 Å². The maximum absolute atomic E-state index is 3.84. The molecule has 6 unspecified atom stereocenters. The van der Waals surface area contributed by atoms with Gasteiger partial charge in [-0.3, -0.25) is 0 Å². The molecule has 4 fully saturated rings. The summed E-state index contributed by atoms with van der Waals surface area (Å²) < 4.78 is 1.14. The van der Waals surface area contributed by atoms with Crippen molar-refractivity contribution in [2.24, 2.45) is 29.1 Å². The summed E-state index contributed by atoms with van der Waals surface area (Å²) in [6.07, 6.45) is 5.97. The molecule has 4 aromatic rings. The highest BCUT2D eigenvalue weighted by Crippen LogP contribution is 2.89. The molecule has 0 radical (unpaired) electrons. The van der Waals surface area contributed by atoms with Gasteiger partial charge in [0, 0.05) is 9.89 Å². The second-order valence-corrected chi connectivity index (χ2v) is 12.8. The van der Waals surface area contributed by atoms with E-state index in [2.05, 4.69) is 107 Å². The minimum Gasteiger partial charge on any atom is -0.0622 e. The van der Waals surface area contributed by atoms with Crippen molar-refractivity contribution < 1.29 is 0 Å². The minimum atomic E-state index is 0.266. The molecule has 9 rings (SSSR count). The molecule has 0 saturated heterocycles. The third-order valence-electron chi connectivity index (χ3n) is 11.0. The van der Waals surface area contributed by atoms with E-state index in [1.165, 1.54) is 59.1 Å². The van der Waals surface area contributed by atoms with E-state index in [-0.39, 0.29) is 5.41 Å². The van der Waals surface area contributed by atoms with Gasteiger partial charge in [0.15, 0.2) is 0 Å².